The van der Waals surface area contributed by atoms with Crippen molar-refractivity contribution < 1.29 is 14.3 Å². The van der Waals surface area contributed by atoms with E-state index in [-0.39, 0.29) is 18.0 Å². The molecule has 0 unspecified atom stereocenters. The van der Waals surface area contributed by atoms with Crippen LogP contribution in [0, 0.1) is 0 Å². The Hall–Kier alpha value is -1.75. The lowest BCUT2D eigenvalue weighted by Gasteiger charge is -2.20. The third kappa shape index (κ3) is 6.49. The molecule has 21 heavy (non-hydrogen) atoms. The van der Waals surface area contributed by atoms with Crippen LogP contribution in [0.1, 0.15) is 34.6 Å². The van der Waals surface area contributed by atoms with Crippen molar-refractivity contribution in [3.05, 3.63) is 18.2 Å². The highest BCUT2D eigenvalue weighted by Crippen LogP contribution is 2.29. The van der Waals surface area contributed by atoms with Crippen molar-refractivity contribution in [3.8, 4) is 11.5 Å². The quantitative estimate of drug-likeness (QED) is 0.812. The molecular formula is C16H26N2O3. The molecule has 0 aromatic heterocycles. The van der Waals surface area contributed by atoms with Crippen LogP contribution in [-0.2, 0) is 4.79 Å². The molecule has 1 aromatic carbocycles. The van der Waals surface area contributed by atoms with E-state index >= 15 is 0 Å². The van der Waals surface area contributed by atoms with Gasteiger partial charge in [0.05, 0.1) is 25.4 Å². The van der Waals surface area contributed by atoms with E-state index in [1.807, 2.05) is 40.7 Å². The van der Waals surface area contributed by atoms with E-state index in [0.29, 0.717) is 30.4 Å². The van der Waals surface area contributed by atoms with Crippen molar-refractivity contribution in [3.63, 3.8) is 0 Å². The van der Waals surface area contributed by atoms with Gasteiger partial charge < -0.3 is 20.1 Å². The Kier molecular flexibility index (Phi) is 6.49. The Morgan fingerprint density at radius 2 is 1.81 bits per heavy atom. The van der Waals surface area contributed by atoms with E-state index in [1.54, 1.807) is 12.1 Å². The third-order valence-corrected chi connectivity index (χ3v) is 2.62. The van der Waals surface area contributed by atoms with Crippen LogP contribution < -0.4 is 20.1 Å². The summed E-state index contributed by atoms with van der Waals surface area (Å²) in [6.07, 6.45) is 0. The van der Waals surface area contributed by atoms with E-state index in [4.69, 9.17) is 9.47 Å². The number of anilines is 1. The van der Waals surface area contributed by atoms with Gasteiger partial charge in [-0.25, -0.2) is 0 Å². The largest absolute Gasteiger partial charge is 0.494 e. The summed E-state index contributed by atoms with van der Waals surface area (Å²) < 4.78 is 11.0. The molecule has 5 heteroatoms. The van der Waals surface area contributed by atoms with E-state index in [9.17, 15) is 4.79 Å². The van der Waals surface area contributed by atoms with Crippen molar-refractivity contribution in [2.24, 2.45) is 0 Å². The van der Waals surface area contributed by atoms with Crippen molar-refractivity contribution in [1.29, 1.82) is 0 Å². The average Bonchev–Trinajstić information content (AvgIpc) is 2.39. The van der Waals surface area contributed by atoms with Crippen molar-refractivity contribution in [1.82, 2.24) is 5.32 Å². The molecule has 0 saturated carbocycles. The predicted molar refractivity (Wildman–Crippen MR) is 85.2 cm³/mol. The second-order valence-electron chi connectivity index (χ2n) is 5.68. The first-order valence-corrected chi connectivity index (χ1v) is 7.30. The van der Waals surface area contributed by atoms with Gasteiger partial charge in [-0.05, 0) is 46.8 Å². The summed E-state index contributed by atoms with van der Waals surface area (Å²) in [5, 5.41) is 6.01. The second kappa shape index (κ2) is 7.88. The highest BCUT2D eigenvalue weighted by Gasteiger charge is 2.13. The molecule has 5 nitrogen and oxygen atoms in total. The minimum Gasteiger partial charge on any atom is -0.494 e. The molecule has 0 saturated heterocycles. The molecule has 0 fully saturated rings. The number of rotatable bonds is 7. The number of hydrogen-bond acceptors (Lipinski definition) is 4. The summed E-state index contributed by atoms with van der Waals surface area (Å²) in [6, 6.07) is 5.42. The summed E-state index contributed by atoms with van der Waals surface area (Å²) in [5.41, 5.74) is 0.524. The maximum absolute atomic E-state index is 12.0. The van der Waals surface area contributed by atoms with Crippen LogP contribution in [0.4, 0.5) is 5.69 Å². The van der Waals surface area contributed by atoms with Gasteiger partial charge in [-0.1, -0.05) is 0 Å². The zero-order valence-electron chi connectivity index (χ0n) is 13.6. The highest BCUT2D eigenvalue weighted by molar-refractivity contribution is 5.94. The van der Waals surface area contributed by atoms with Gasteiger partial charge >= 0.3 is 0 Å². The monoisotopic (exact) mass is 294 g/mol. The van der Waals surface area contributed by atoms with E-state index in [1.165, 1.54) is 0 Å². The van der Waals surface area contributed by atoms with E-state index < -0.39 is 0 Å². The van der Waals surface area contributed by atoms with Crippen molar-refractivity contribution in [2.45, 2.75) is 40.2 Å². The number of benzene rings is 1. The van der Waals surface area contributed by atoms with Gasteiger partial charge in [-0.3, -0.25) is 4.79 Å². The first-order valence-electron chi connectivity index (χ1n) is 7.30. The number of carbonyl (C=O) groups excluding carboxylic acids is 1. The van der Waals surface area contributed by atoms with Gasteiger partial charge in [0.15, 0.2) is 0 Å². The van der Waals surface area contributed by atoms with Gasteiger partial charge in [0, 0.05) is 11.6 Å². The lowest BCUT2D eigenvalue weighted by molar-refractivity contribution is -0.115. The Morgan fingerprint density at radius 1 is 1.14 bits per heavy atom. The van der Waals surface area contributed by atoms with Crippen LogP contribution in [0.5, 0.6) is 11.5 Å². The fraction of sp³-hybridized carbons (Fsp3) is 0.562. The van der Waals surface area contributed by atoms with Gasteiger partial charge in [0.25, 0.3) is 0 Å². The number of ether oxygens (including phenoxy) is 2. The molecule has 0 atom stereocenters. The molecule has 1 rings (SSSR count). The molecule has 0 radical (unpaired) electrons. The molecule has 118 valence electrons. The Morgan fingerprint density at radius 3 is 2.38 bits per heavy atom. The SMILES string of the molecule is CCOc1ccc(OCC)c(NC(=O)CNC(C)(C)C)c1. The molecule has 0 aliphatic rings. The van der Waals surface area contributed by atoms with E-state index in [0.717, 1.165) is 0 Å². The van der Waals surface area contributed by atoms with Gasteiger partial charge in [0.1, 0.15) is 11.5 Å². The molecule has 0 bridgehead atoms. The van der Waals surface area contributed by atoms with Crippen LogP contribution in [0.25, 0.3) is 0 Å². The summed E-state index contributed by atoms with van der Waals surface area (Å²) in [5.74, 6) is 1.24. The minimum absolute atomic E-state index is 0.104. The molecular weight excluding hydrogens is 268 g/mol. The number of nitrogens with one attached hydrogen (secondary N) is 2. The van der Waals surface area contributed by atoms with Gasteiger partial charge in [0.2, 0.25) is 5.91 Å². The Bertz CT molecular complexity index is 467. The fourth-order valence-corrected chi connectivity index (χ4v) is 1.68. The van der Waals surface area contributed by atoms with Crippen LogP contribution in [-0.4, -0.2) is 31.2 Å². The molecule has 0 aliphatic heterocycles. The summed E-state index contributed by atoms with van der Waals surface area (Å²) >= 11 is 0. The summed E-state index contributed by atoms with van der Waals surface area (Å²) in [6.45, 7) is 11.2. The number of amides is 1. The van der Waals surface area contributed by atoms with Crippen LogP contribution >= 0.6 is 0 Å². The third-order valence-electron chi connectivity index (χ3n) is 2.62. The fourth-order valence-electron chi connectivity index (χ4n) is 1.68. The first-order chi connectivity index (χ1) is 9.85. The maximum Gasteiger partial charge on any atom is 0.238 e. The smallest absolute Gasteiger partial charge is 0.238 e. The predicted octanol–water partition coefficient (Wildman–Crippen LogP) is 2.81. The minimum atomic E-state index is -0.112. The topological polar surface area (TPSA) is 59.6 Å². The van der Waals surface area contributed by atoms with Gasteiger partial charge in [-0.15, -0.1) is 0 Å². The van der Waals surface area contributed by atoms with Crippen LogP contribution in [0.15, 0.2) is 18.2 Å². The molecule has 0 spiro atoms. The van der Waals surface area contributed by atoms with Crippen molar-refractivity contribution in [2.75, 3.05) is 25.1 Å². The van der Waals surface area contributed by atoms with Crippen molar-refractivity contribution >= 4 is 11.6 Å². The Balaban J connectivity index is 2.78. The normalized spacial score (nSPS) is 11.1. The zero-order chi connectivity index (χ0) is 15.9. The standard InChI is InChI=1S/C16H26N2O3/c1-6-20-12-8-9-14(21-7-2)13(10-12)18-15(19)11-17-16(3,4)5/h8-10,17H,6-7,11H2,1-5H3,(H,18,19). The van der Waals surface area contributed by atoms with E-state index in [2.05, 4.69) is 10.6 Å². The lowest BCUT2D eigenvalue weighted by atomic mass is 10.1. The molecule has 2 N–H and O–H groups in total. The summed E-state index contributed by atoms with van der Waals surface area (Å²) in [4.78, 5) is 12.0. The summed E-state index contributed by atoms with van der Waals surface area (Å²) in [7, 11) is 0. The molecule has 1 aromatic rings. The van der Waals surface area contributed by atoms with Crippen LogP contribution in [0.2, 0.25) is 0 Å². The number of carbonyl (C=O) groups is 1. The zero-order valence-corrected chi connectivity index (χ0v) is 13.6. The highest BCUT2D eigenvalue weighted by atomic mass is 16.5. The average molecular weight is 294 g/mol. The van der Waals surface area contributed by atoms with Gasteiger partial charge in [-0.2, -0.15) is 0 Å². The molecule has 1 amide bonds. The molecule has 0 aliphatic carbocycles. The lowest BCUT2D eigenvalue weighted by Crippen LogP contribution is -2.41. The van der Waals surface area contributed by atoms with Crippen LogP contribution in [0.3, 0.4) is 0 Å². The first kappa shape index (κ1) is 17.3. The Labute approximate surface area is 127 Å². The maximum atomic E-state index is 12.0. The number of hydrogen-bond donors (Lipinski definition) is 2. The second-order valence-corrected chi connectivity index (χ2v) is 5.68. The molecule has 0 heterocycles.